The highest BCUT2D eigenvalue weighted by Gasteiger charge is 2.12. The molecule has 0 heterocycles. The monoisotopic (exact) mass is 346 g/mol. The second kappa shape index (κ2) is 5.39. The van der Waals surface area contributed by atoms with Crippen molar-refractivity contribution in [3.63, 3.8) is 0 Å². The first-order valence-electron chi connectivity index (χ1n) is 4.94. The zero-order valence-corrected chi connectivity index (χ0v) is 12.0. The van der Waals surface area contributed by atoms with Crippen molar-refractivity contribution < 1.29 is 9.18 Å². The highest BCUT2D eigenvalue weighted by molar-refractivity contribution is 9.10. The van der Waals surface area contributed by atoms with Crippen molar-refractivity contribution in [1.82, 2.24) is 0 Å². The molecular formula is C13H6BrCl2FO. The summed E-state index contributed by atoms with van der Waals surface area (Å²) in [5.41, 5.74) is 0.625. The van der Waals surface area contributed by atoms with Crippen molar-refractivity contribution in [2.45, 2.75) is 0 Å². The van der Waals surface area contributed by atoms with Crippen LogP contribution in [0.3, 0.4) is 0 Å². The standard InChI is InChI=1S/C13H6BrCl2FO/c14-9-3-1-8(6-12(9)17)13(18)7-2-4-10(15)11(16)5-7/h1-6H. The molecule has 2 aromatic rings. The molecule has 0 radical (unpaired) electrons. The molecule has 92 valence electrons. The Morgan fingerprint density at radius 2 is 1.61 bits per heavy atom. The van der Waals surface area contributed by atoms with E-state index in [0.717, 1.165) is 0 Å². The van der Waals surface area contributed by atoms with E-state index in [0.29, 0.717) is 20.1 Å². The molecule has 0 N–H and O–H groups in total. The molecule has 18 heavy (non-hydrogen) atoms. The fraction of sp³-hybridized carbons (Fsp3) is 0. The molecule has 0 aromatic heterocycles. The summed E-state index contributed by atoms with van der Waals surface area (Å²) in [5, 5.41) is 0.662. The summed E-state index contributed by atoms with van der Waals surface area (Å²) < 4.78 is 13.7. The van der Waals surface area contributed by atoms with E-state index in [1.807, 2.05) is 0 Å². The van der Waals surface area contributed by atoms with Gasteiger partial charge in [0.15, 0.2) is 5.78 Å². The second-order valence-electron chi connectivity index (χ2n) is 3.59. The van der Waals surface area contributed by atoms with E-state index >= 15 is 0 Å². The SMILES string of the molecule is O=C(c1ccc(Br)c(F)c1)c1ccc(Cl)c(Cl)c1. The summed E-state index contributed by atoms with van der Waals surface area (Å²) >= 11 is 14.6. The van der Waals surface area contributed by atoms with Crippen LogP contribution in [0.15, 0.2) is 40.9 Å². The quantitative estimate of drug-likeness (QED) is 0.688. The van der Waals surface area contributed by atoms with Gasteiger partial charge in [-0.15, -0.1) is 0 Å². The van der Waals surface area contributed by atoms with Crippen LogP contribution in [0.5, 0.6) is 0 Å². The number of benzene rings is 2. The highest BCUT2D eigenvalue weighted by atomic mass is 79.9. The Hall–Kier alpha value is -0.900. The van der Waals surface area contributed by atoms with Gasteiger partial charge in [0.25, 0.3) is 0 Å². The lowest BCUT2D eigenvalue weighted by Crippen LogP contribution is -2.01. The molecule has 0 atom stereocenters. The maximum Gasteiger partial charge on any atom is 0.193 e. The first kappa shape index (κ1) is 13.5. The third kappa shape index (κ3) is 2.74. The van der Waals surface area contributed by atoms with Crippen molar-refractivity contribution in [3.05, 3.63) is 67.9 Å². The van der Waals surface area contributed by atoms with E-state index in [9.17, 15) is 9.18 Å². The van der Waals surface area contributed by atoms with Crippen molar-refractivity contribution in [2.24, 2.45) is 0 Å². The van der Waals surface area contributed by atoms with Crippen molar-refractivity contribution >= 4 is 44.9 Å². The van der Waals surface area contributed by atoms with Crippen LogP contribution in [0, 0.1) is 5.82 Å². The number of hydrogen-bond donors (Lipinski definition) is 0. The number of ketones is 1. The molecule has 0 unspecified atom stereocenters. The van der Waals surface area contributed by atoms with Gasteiger partial charge in [0.2, 0.25) is 0 Å². The van der Waals surface area contributed by atoms with Gasteiger partial charge in [-0.1, -0.05) is 23.2 Å². The topological polar surface area (TPSA) is 17.1 Å². The molecule has 2 aromatic carbocycles. The summed E-state index contributed by atoms with van der Waals surface area (Å²) in [6, 6.07) is 8.75. The summed E-state index contributed by atoms with van der Waals surface area (Å²) in [6.45, 7) is 0. The predicted octanol–water partition coefficient (Wildman–Crippen LogP) is 5.13. The van der Waals surface area contributed by atoms with Crippen LogP contribution >= 0.6 is 39.1 Å². The van der Waals surface area contributed by atoms with Crippen LogP contribution in [0.1, 0.15) is 15.9 Å². The molecule has 0 saturated carbocycles. The Labute approximate surface area is 122 Å². The molecule has 0 fully saturated rings. The molecule has 0 aliphatic carbocycles. The van der Waals surface area contributed by atoms with Gasteiger partial charge in [0.1, 0.15) is 5.82 Å². The number of carbonyl (C=O) groups is 1. The fourth-order valence-corrected chi connectivity index (χ4v) is 1.99. The molecule has 2 rings (SSSR count). The van der Waals surface area contributed by atoms with Crippen molar-refractivity contribution in [1.29, 1.82) is 0 Å². The average molecular weight is 348 g/mol. The highest BCUT2D eigenvalue weighted by Crippen LogP contribution is 2.25. The van der Waals surface area contributed by atoms with Crippen LogP contribution in [0.4, 0.5) is 4.39 Å². The Morgan fingerprint density at radius 1 is 1.00 bits per heavy atom. The van der Waals surface area contributed by atoms with Gasteiger partial charge in [0, 0.05) is 11.1 Å². The van der Waals surface area contributed by atoms with Crippen LogP contribution in [0.2, 0.25) is 10.0 Å². The Bertz CT molecular complexity index is 575. The molecule has 5 heteroatoms. The molecular weight excluding hydrogens is 342 g/mol. The van der Waals surface area contributed by atoms with Crippen LogP contribution < -0.4 is 0 Å². The maximum atomic E-state index is 13.4. The van der Waals surface area contributed by atoms with Gasteiger partial charge >= 0.3 is 0 Å². The Kier molecular flexibility index (Phi) is 4.05. The molecule has 1 nitrogen and oxygen atoms in total. The van der Waals surface area contributed by atoms with E-state index in [1.54, 1.807) is 6.07 Å². The number of hydrogen-bond acceptors (Lipinski definition) is 1. The zero-order chi connectivity index (χ0) is 13.3. The minimum Gasteiger partial charge on any atom is -0.289 e. The molecule has 0 saturated heterocycles. The van der Waals surface area contributed by atoms with Gasteiger partial charge in [-0.05, 0) is 52.3 Å². The average Bonchev–Trinajstić information content (AvgIpc) is 2.35. The molecule has 0 aliphatic heterocycles. The molecule has 0 aliphatic rings. The first-order chi connectivity index (χ1) is 8.49. The third-order valence-corrected chi connectivity index (χ3v) is 3.75. The normalized spacial score (nSPS) is 10.4. The fourth-order valence-electron chi connectivity index (χ4n) is 1.44. The largest absolute Gasteiger partial charge is 0.289 e. The summed E-state index contributed by atoms with van der Waals surface area (Å²) in [5.74, 6) is -0.791. The second-order valence-corrected chi connectivity index (χ2v) is 5.26. The molecule has 0 spiro atoms. The summed E-state index contributed by atoms with van der Waals surface area (Å²) in [4.78, 5) is 12.1. The van der Waals surface area contributed by atoms with Gasteiger partial charge in [-0.3, -0.25) is 4.79 Å². The first-order valence-corrected chi connectivity index (χ1v) is 6.49. The number of halogens is 4. The lowest BCUT2D eigenvalue weighted by atomic mass is 10.0. The van der Waals surface area contributed by atoms with Gasteiger partial charge in [-0.2, -0.15) is 0 Å². The smallest absolute Gasteiger partial charge is 0.193 e. The lowest BCUT2D eigenvalue weighted by molar-refractivity contribution is 0.103. The lowest BCUT2D eigenvalue weighted by Gasteiger charge is -2.04. The van der Waals surface area contributed by atoms with Gasteiger partial charge in [-0.25, -0.2) is 4.39 Å². The summed E-state index contributed by atoms with van der Waals surface area (Å²) in [7, 11) is 0. The van der Waals surface area contributed by atoms with E-state index in [-0.39, 0.29) is 11.3 Å². The van der Waals surface area contributed by atoms with Gasteiger partial charge in [0.05, 0.1) is 14.5 Å². The van der Waals surface area contributed by atoms with E-state index < -0.39 is 5.82 Å². The maximum absolute atomic E-state index is 13.4. The zero-order valence-electron chi connectivity index (χ0n) is 8.88. The van der Waals surface area contributed by atoms with Gasteiger partial charge < -0.3 is 0 Å². The number of carbonyl (C=O) groups excluding carboxylic acids is 1. The minimum absolute atomic E-state index is 0.258. The van der Waals surface area contributed by atoms with Crippen molar-refractivity contribution in [2.75, 3.05) is 0 Å². The Balaban J connectivity index is 2.41. The number of rotatable bonds is 2. The minimum atomic E-state index is -0.485. The van der Waals surface area contributed by atoms with E-state index in [2.05, 4.69) is 15.9 Å². The summed E-state index contributed by atoms with van der Waals surface area (Å²) in [6.07, 6.45) is 0. The predicted molar refractivity (Wildman–Crippen MR) is 74.0 cm³/mol. The molecule has 0 bridgehead atoms. The third-order valence-electron chi connectivity index (χ3n) is 2.36. The van der Waals surface area contributed by atoms with E-state index in [1.165, 1.54) is 30.3 Å². The van der Waals surface area contributed by atoms with Crippen LogP contribution in [-0.2, 0) is 0 Å². The van der Waals surface area contributed by atoms with E-state index in [4.69, 9.17) is 23.2 Å². The Morgan fingerprint density at radius 3 is 2.22 bits per heavy atom. The van der Waals surface area contributed by atoms with Crippen LogP contribution in [0.25, 0.3) is 0 Å². The van der Waals surface area contributed by atoms with Crippen LogP contribution in [-0.4, -0.2) is 5.78 Å². The molecule has 0 amide bonds. The van der Waals surface area contributed by atoms with Crippen molar-refractivity contribution in [3.8, 4) is 0 Å².